The van der Waals surface area contributed by atoms with Gasteiger partial charge in [0, 0.05) is 24.2 Å². The van der Waals surface area contributed by atoms with Crippen molar-refractivity contribution in [3.05, 3.63) is 47.5 Å². The standard InChI is InChI=1S/C18H23NO4.C2H2O4/c1-20-15-8-6-5-7-13(15)11-19-12-14-9-10-16(21-2)18(23-4)17(14)22-3;3-1(4)2(5)6/h5-10,19H,11-12H2,1-4H3;(H,3,4)(H,5,6). The molecular weight excluding hydrogens is 382 g/mol. The summed E-state index contributed by atoms with van der Waals surface area (Å²) in [4.78, 5) is 18.2. The van der Waals surface area contributed by atoms with Gasteiger partial charge in [-0.1, -0.05) is 24.3 Å². The van der Waals surface area contributed by atoms with Gasteiger partial charge in [-0.2, -0.15) is 0 Å². The van der Waals surface area contributed by atoms with Crippen LogP contribution in [0.2, 0.25) is 0 Å². The number of rotatable bonds is 8. The second kappa shape index (κ2) is 12.1. The predicted octanol–water partition coefficient (Wildman–Crippen LogP) is 2.17. The first-order valence-corrected chi connectivity index (χ1v) is 8.46. The summed E-state index contributed by atoms with van der Waals surface area (Å²) in [6.45, 7) is 1.34. The molecule has 0 unspecified atom stereocenters. The van der Waals surface area contributed by atoms with E-state index in [0.29, 0.717) is 30.3 Å². The maximum atomic E-state index is 9.10. The Kier molecular flexibility index (Phi) is 9.83. The van der Waals surface area contributed by atoms with Gasteiger partial charge in [-0.3, -0.25) is 0 Å². The smallest absolute Gasteiger partial charge is 0.414 e. The van der Waals surface area contributed by atoms with E-state index in [4.69, 9.17) is 38.7 Å². The van der Waals surface area contributed by atoms with Crippen LogP contribution < -0.4 is 24.3 Å². The first-order valence-electron chi connectivity index (χ1n) is 8.46. The molecule has 0 atom stereocenters. The number of nitrogens with one attached hydrogen (secondary N) is 1. The number of para-hydroxylation sites is 1. The largest absolute Gasteiger partial charge is 0.496 e. The molecule has 2 aromatic rings. The van der Waals surface area contributed by atoms with Crippen LogP contribution in [-0.4, -0.2) is 50.6 Å². The summed E-state index contributed by atoms with van der Waals surface area (Å²) in [5.41, 5.74) is 2.11. The summed E-state index contributed by atoms with van der Waals surface area (Å²) < 4.78 is 21.5. The molecular formula is C20H25NO8. The molecule has 0 heterocycles. The number of ether oxygens (including phenoxy) is 4. The minimum absolute atomic E-state index is 0.603. The number of carboxylic acids is 2. The Morgan fingerprint density at radius 3 is 1.79 bits per heavy atom. The third kappa shape index (κ3) is 6.89. The van der Waals surface area contributed by atoms with Crippen molar-refractivity contribution >= 4 is 11.9 Å². The van der Waals surface area contributed by atoms with Gasteiger partial charge >= 0.3 is 11.9 Å². The number of methoxy groups -OCH3 is 4. The monoisotopic (exact) mass is 407 g/mol. The summed E-state index contributed by atoms with van der Waals surface area (Å²) >= 11 is 0. The van der Waals surface area contributed by atoms with E-state index in [-0.39, 0.29) is 0 Å². The van der Waals surface area contributed by atoms with Gasteiger partial charge in [-0.05, 0) is 12.1 Å². The number of hydrogen-bond acceptors (Lipinski definition) is 7. The van der Waals surface area contributed by atoms with E-state index in [0.717, 1.165) is 16.9 Å². The third-order valence-electron chi connectivity index (χ3n) is 3.79. The van der Waals surface area contributed by atoms with Crippen LogP contribution in [0, 0.1) is 0 Å². The lowest BCUT2D eigenvalue weighted by atomic mass is 10.1. The van der Waals surface area contributed by atoms with Crippen molar-refractivity contribution in [3.8, 4) is 23.0 Å². The highest BCUT2D eigenvalue weighted by molar-refractivity contribution is 6.27. The molecule has 0 saturated heterocycles. The minimum atomic E-state index is -1.82. The fraction of sp³-hybridized carbons (Fsp3) is 0.300. The molecule has 0 amide bonds. The van der Waals surface area contributed by atoms with Crippen molar-refractivity contribution in [1.29, 1.82) is 0 Å². The van der Waals surface area contributed by atoms with Gasteiger partial charge in [0.15, 0.2) is 11.5 Å². The topological polar surface area (TPSA) is 124 Å². The molecule has 9 heteroatoms. The Balaban J connectivity index is 0.000000612. The molecule has 0 spiro atoms. The molecule has 0 bridgehead atoms. The van der Waals surface area contributed by atoms with Crippen molar-refractivity contribution in [3.63, 3.8) is 0 Å². The zero-order valence-corrected chi connectivity index (χ0v) is 16.7. The molecule has 0 aromatic heterocycles. The van der Waals surface area contributed by atoms with Crippen molar-refractivity contribution < 1.29 is 38.7 Å². The highest BCUT2D eigenvalue weighted by atomic mass is 16.5. The van der Waals surface area contributed by atoms with Crippen LogP contribution in [0.3, 0.4) is 0 Å². The Morgan fingerprint density at radius 2 is 1.28 bits per heavy atom. The number of carboxylic acid groups (broad SMARTS) is 2. The second-order valence-electron chi connectivity index (χ2n) is 5.52. The molecule has 2 rings (SSSR count). The Hall–Kier alpha value is -3.46. The lowest BCUT2D eigenvalue weighted by Gasteiger charge is -2.16. The molecule has 0 radical (unpaired) electrons. The molecule has 0 aliphatic carbocycles. The van der Waals surface area contributed by atoms with Gasteiger partial charge in [0.1, 0.15) is 5.75 Å². The van der Waals surface area contributed by atoms with Crippen LogP contribution in [0.25, 0.3) is 0 Å². The first-order chi connectivity index (χ1) is 13.9. The lowest BCUT2D eigenvalue weighted by Crippen LogP contribution is -2.14. The average molecular weight is 407 g/mol. The van der Waals surface area contributed by atoms with E-state index >= 15 is 0 Å². The highest BCUT2D eigenvalue weighted by Gasteiger charge is 2.15. The van der Waals surface area contributed by atoms with Crippen LogP contribution in [0.1, 0.15) is 11.1 Å². The fourth-order valence-corrected chi connectivity index (χ4v) is 2.48. The zero-order chi connectivity index (χ0) is 21.8. The van der Waals surface area contributed by atoms with Crippen molar-refractivity contribution in [2.45, 2.75) is 13.1 Å². The van der Waals surface area contributed by atoms with E-state index in [2.05, 4.69) is 5.32 Å². The number of hydrogen-bond donors (Lipinski definition) is 3. The van der Waals surface area contributed by atoms with Crippen LogP contribution in [0.4, 0.5) is 0 Å². The Labute approximate surface area is 168 Å². The van der Waals surface area contributed by atoms with Gasteiger partial charge in [0.2, 0.25) is 5.75 Å². The van der Waals surface area contributed by atoms with Gasteiger partial charge < -0.3 is 34.5 Å². The Morgan fingerprint density at radius 1 is 0.724 bits per heavy atom. The normalized spacial score (nSPS) is 9.66. The predicted molar refractivity (Wildman–Crippen MR) is 105 cm³/mol. The summed E-state index contributed by atoms with van der Waals surface area (Å²) in [7, 11) is 6.51. The van der Waals surface area contributed by atoms with E-state index < -0.39 is 11.9 Å². The summed E-state index contributed by atoms with van der Waals surface area (Å²) in [5.74, 6) is -0.840. The SMILES string of the molecule is COc1ccccc1CNCc1ccc(OC)c(OC)c1OC.O=C(O)C(=O)O. The molecule has 0 fully saturated rings. The Bertz CT molecular complexity index is 810. The maximum Gasteiger partial charge on any atom is 0.414 e. The molecule has 0 aliphatic rings. The van der Waals surface area contributed by atoms with Gasteiger partial charge in [0.05, 0.1) is 28.4 Å². The minimum Gasteiger partial charge on any atom is -0.496 e. The maximum absolute atomic E-state index is 9.10. The fourth-order valence-electron chi connectivity index (χ4n) is 2.48. The summed E-state index contributed by atoms with van der Waals surface area (Å²) in [6.07, 6.45) is 0. The first kappa shape index (κ1) is 23.6. The highest BCUT2D eigenvalue weighted by Crippen LogP contribution is 2.39. The molecule has 158 valence electrons. The molecule has 0 saturated carbocycles. The van der Waals surface area contributed by atoms with E-state index in [9.17, 15) is 0 Å². The molecule has 2 aromatic carbocycles. The van der Waals surface area contributed by atoms with Crippen molar-refractivity contribution in [1.82, 2.24) is 5.32 Å². The van der Waals surface area contributed by atoms with Gasteiger partial charge in [0.25, 0.3) is 0 Å². The van der Waals surface area contributed by atoms with Crippen LogP contribution in [0.5, 0.6) is 23.0 Å². The summed E-state index contributed by atoms with van der Waals surface area (Å²) in [6, 6.07) is 11.8. The van der Waals surface area contributed by atoms with E-state index in [1.807, 2.05) is 36.4 Å². The number of aliphatic carboxylic acids is 2. The molecule has 0 aliphatic heterocycles. The van der Waals surface area contributed by atoms with Crippen LogP contribution in [-0.2, 0) is 22.7 Å². The van der Waals surface area contributed by atoms with E-state index in [1.54, 1.807) is 28.4 Å². The van der Waals surface area contributed by atoms with Crippen LogP contribution >= 0.6 is 0 Å². The van der Waals surface area contributed by atoms with Crippen molar-refractivity contribution in [2.75, 3.05) is 28.4 Å². The van der Waals surface area contributed by atoms with Gasteiger partial charge in [-0.25, -0.2) is 9.59 Å². The molecule has 9 nitrogen and oxygen atoms in total. The lowest BCUT2D eigenvalue weighted by molar-refractivity contribution is -0.159. The van der Waals surface area contributed by atoms with Gasteiger partial charge in [-0.15, -0.1) is 0 Å². The van der Waals surface area contributed by atoms with Crippen molar-refractivity contribution in [2.24, 2.45) is 0 Å². The quantitative estimate of drug-likeness (QED) is 0.565. The third-order valence-corrected chi connectivity index (χ3v) is 3.79. The molecule has 3 N–H and O–H groups in total. The van der Waals surface area contributed by atoms with Crippen LogP contribution in [0.15, 0.2) is 36.4 Å². The summed E-state index contributed by atoms with van der Waals surface area (Å²) in [5, 5.41) is 18.2. The number of carbonyl (C=O) groups is 2. The molecule has 29 heavy (non-hydrogen) atoms. The number of benzene rings is 2. The average Bonchev–Trinajstić information content (AvgIpc) is 2.73. The zero-order valence-electron chi connectivity index (χ0n) is 16.7. The second-order valence-corrected chi connectivity index (χ2v) is 5.52. The van der Waals surface area contributed by atoms with E-state index in [1.165, 1.54) is 0 Å².